The maximum atomic E-state index is 11.6. The van der Waals surface area contributed by atoms with E-state index in [-0.39, 0.29) is 11.8 Å². The zero-order valence-electron chi connectivity index (χ0n) is 9.16. The normalized spacial score (nSPS) is 22.9. The van der Waals surface area contributed by atoms with Crippen molar-refractivity contribution in [2.24, 2.45) is 0 Å². The van der Waals surface area contributed by atoms with Crippen molar-refractivity contribution in [1.29, 1.82) is 0 Å². The molecular formula is C9H20N2O3S. The van der Waals surface area contributed by atoms with Gasteiger partial charge in [0.25, 0.3) is 0 Å². The summed E-state index contributed by atoms with van der Waals surface area (Å²) in [7, 11) is -1.55. The fraction of sp³-hybridized carbons (Fsp3) is 1.00. The second kappa shape index (κ2) is 6.42. The molecule has 1 unspecified atom stereocenters. The first-order chi connectivity index (χ1) is 7.14. The Bertz CT molecular complexity index is 261. The van der Waals surface area contributed by atoms with Crippen molar-refractivity contribution >= 4 is 10.0 Å². The average Bonchev–Trinajstić information content (AvgIpc) is 2.18. The van der Waals surface area contributed by atoms with Gasteiger partial charge in [-0.3, -0.25) is 0 Å². The van der Waals surface area contributed by atoms with Crippen LogP contribution in [0.2, 0.25) is 0 Å². The van der Waals surface area contributed by atoms with E-state index in [0.29, 0.717) is 13.0 Å². The van der Waals surface area contributed by atoms with E-state index in [9.17, 15) is 8.42 Å². The van der Waals surface area contributed by atoms with Gasteiger partial charge in [-0.1, -0.05) is 0 Å². The summed E-state index contributed by atoms with van der Waals surface area (Å²) in [4.78, 5) is 0. The number of rotatable bonds is 6. The maximum Gasteiger partial charge on any atom is 0.211 e. The first-order valence-corrected chi connectivity index (χ1v) is 6.99. The lowest BCUT2D eigenvalue weighted by Crippen LogP contribution is -2.46. The second-order valence-electron chi connectivity index (χ2n) is 3.83. The lowest BCUT2D eigenvalue weighted by molar-refractivity contribution is 0.199. The van der Waals surface area contributed by atoms with Crippen molar-refractivity contribution in [3.63, 3.8) is 0 Å². The summed E-state index contributed by atoms with van der Waals surface area (Å²) in [6.45, 7) is 2.22. The maximum absolute atomic E-state index is 11.6. The average molecular weight is 236 g/mol. The van der Waals surface area contributed by atoms with Gasteiger partial charge in [0.2, 0.25) is 10.0 Å². The van der Waals surface area contributed by atoms with Crippen LogP contribution in [0.5, 0.6) is 0 Å². The van der Waals surface area contributed by atoms with Crippen molar-refractivity contribution in [1.82, 2.24) is 10.0 Å². The second-order valence-corrected chi connectivity index (χ2v) is 5.70. The van der Waals surface area contributed by atoms with Crippen LogP contribution in [0.3, 0.4) is 0 Å². The molecule has 15 heavy (non-hydrogen) atoms. The SMILES string of the molecule is COCCCS(=O)(=O)NC1CCCNC1. The van der Waals surface area contributed by atoms with Crippen molar-refractivity contribution < 1.29 is 13.2 Å². The number of methoxy groups -OCH3 is 1. The zero-order valence-corrected chi connectivity index (χ0v) is 9.98. The van der Waals surface area contributed by atoms with Crippen LogP contribution in [0.4, 0.5) is 0 Å². The minimum atomic E-state index is -3.12. The molecule has 0 aromatic carbocycles. The Morgan fingerprint density at radius 3 is 2.93 bits per heavy atom. The Morgan fingerprint density at radius 2 is 2.33 bits per heavy atom. The largest absolute Gasteiger partial charge is 0.385 e. The third-order valence-corrected chi connectivity index (χ3v) is 3.92. The molecule has 1 atom stereocenters. The number of hydrogen-bond acceptors (Lipinski definition) is 4. The summed E-state index contributed by atoms with van der Waals surface area (Å²) < 4.78 is 30.7. The van der Waals surface area contributed by atoms with Crippen LogP contribution in [0, 0.1) is 0 Å². The third-order valence-electron chi connectivity index (χ3n) is 2.40. The molecule has 1 fully saturated rings. The fourth-order valence-corrected chi connectivity index (χ4v) is 2.98. The van der Waals surface area contributed by atoms with E-state index < -0.39 is 10.0 Å². The lowest BCUT2D eigenvalue weighted by Gasteiger charge is -2.23. The van der Waals surface area contributed by atoms with Crippen LogP contribution in [0.15, 0.2) is 0 Å². The van der Waals surface area contributed by atoms with Gasteiger partial charge in [-0.2, -0.15) is 0 Å². The molecule has 0 radical (unpaired) electrons. The van der Waals surface area contributed by atoms with Gasteiger partial charge in [0.15, 0.2) is 0 Å². The van der Waals surface area contributed by atoms with Crippen molar-refractivity contribution in [3.8, 4) is 0 Å². The van der Waals surface area contributed by atoms with Crippen molar-refractivity contribution in [2.75, 3.05) is 32.6 Å². The van der Waals surface area contributed by atoms with Crippen LogP contribution >= 0.6 is 0 Å². The van der Waals surface area contributed by atoms with E-state index in [0.717, 1.165) is 25.9 Å². The number of hydrogen-bond donors (Lipinski definition) is 2. The summed E-state index contributed by atoms with van der Waals surface area (Å²) in [5.41, 5.74) is 0. The first kappa shape index (κ1) is 12.9. The fourth-order valence-electron chi connectivity index (χ4n) is 1.66. The number of piperidine rings is 1. The molecule has 5 nitrogen and oxygen atoms in total. The Labute approximate surface area is 91.6 Å². The van der Waals surface area contributed by atoms with Crippen molar-refractivity contribution in [3.05, 3.63) is 0 Å². The standard InChI is InChI=1S/C9H20N2O3S/c1-14-6-3-7-15(12,13)11-9-4-2-5-10-8-9/h9-11H,2-8H2,1H3. The molecule has 1 aliphatic rings. The molecule has 1 rings (SSSR count). The molecule has 0 aromatic heterocycles. The highest BCUT2D eigenvalue weighted by Crippen LogP contribution is 2.03. The molecule has 0 spiro atoms. The van der Waals surface area contributed by atoms with Gasteiger partial charge in [-0.25, -0.2) is 13.1 Å². The monoisotopic (exact) mass is 236 g/mol. The van der Waals surface area contributed by atoms with E-state index in [4.69, 9.17) is 4.74 Å². The number of sulfonamides is 1. The molecule has 0 bridgehead atoms. The van der Waals surface area contributed by atoms with E-state index in [2.05, 4.69) is 10.0 Å². The Morgan fingerprint density at radius 1 is 1.53 bits per heavy atom. The molecular weight excluding hydrogens is 216 g/mol. The topological polar surface area (TPSA) is 67.4 Å². The molecule has 1 saturated heterocycles. The minimum Gasteiger partial charge on any atom is -0.385 e. The van der Waals surface area contributed by atoms with E-state index in [1.807, 2.05) is 0 Å². The smallest absolute Gasteiger partial charge is 0.211 e. The van der Waals surface area contributed by atoms with E-state index in [1.165, 1.54) is 0 Å². The molecule has 1 aliphatic heterocycles. The summed E-state index contributed by atoms with van der Waals surface area (Å²) in [5, 5.41) is 3.17. The molecule has 90 valence electrons. The van der Waals surface area contributed by atoms with E-state index in [1.54, 1.807) is 7.11 Å². The van der Waals surface area contributed by atoms with Gasteiger partial charge in [0, 0.05) is 26.3 Å². The highest BCUT2D eigenvalue weighted by atomic mass is 32.2. The van der Waals surface area contributed by atoms with Gasteiger partial charge in [-0.15, -0.1) is 0 Å². The van der Waals surface area contributed by atoms with Gasteiger partial charge < -0.3 is 10.1 Å². The Kier molecular flexibility index (Phi) is 5.52. The van der Waals surface area contributed by atoms with Gasteiger partial charge in [0.1, 0.15) is 0 Å². The molecule has 6 heteroatoms. The highest BCUT2D eigenvalue weighted by Gasteiger charge is 2.19. The van der Waals surface area contributed by atoms with Gasteiger partial charge in [-0.05, 0) is 25.8 Å². The van der Waals surface area contributed by atoms with Gasteiger partial charge >= 0.3 is 0 Å². The molecule has 0 aromatic rings. The summed E-state index contributed by atoms with van der Waals surface area (Å²) in [5.74, 6) is 0.150. The minimum absolute atomic E-state index is 0.0614. The Hall–Kier alpha value is -0.170. The molecule has 1 heterocycles. The molecule has 0 aliphatic carbocycles. The first-order valence-electron chi connectivity index (χ1n) is 5.34. The quantitative estimate of drug-likeness (QED) is 0.621. The molecule has 0 amide bonds. The Balaban J connectivity index is 2.27. The van der Waals surface area contributed by atoms with Crippen molar-refractivity contribution in [2.45, 2.75) is 25.3 Å². The lowest BCUT2D eigenvalue weighted by atomic mass is 10.1. The van der Waals surface area contributed by atoms with Gasteiger partial charge in [0.05, 0.1) is 5.75 Å². The number of nitrogens with one attached hydrogen (secondary N) is 2. The number of ether oxygens (including phenoxy) is 1. The van der Waals surface area contributed by atoms with Crippen LogP contribution in [-0.4, -0.2) is 47.0 Å². The van der Waals surface area contributed by atoms with Crippen LogP contribution < -0.4 is 10.0 Å². The predicted molar refractivity (Wildman–Crippen MR) is 59.3 cm³/mol. The highest BCUT2D eigenvalue weighted by molar-refractivity contribution is 7.89. The summed E-state index contributed by atoms with van der Waals surface area (Å²) >= 11 is 0. The van der Waals surface area contributed by atoms with Crippen LogP contribution in [-0.2, 0) is 14.8 Å². The molecule has 0 saturated carbocycles. The third kappa shape index (κ3) is 5.46. The van der Waals surface area contributed by atoms with Crippen LogP contribution in [0.1, 0.15) is 19.3 Å². The predicted octanol–water partition coefficient (Wildman–Crippen LogP) is -0.306. The molecule has 2 N–H and O–H groups in total. The zero-order chi connectivity index (χ0) is 11.1. The summed E-state index contributed by atoms with van der Waals surface area (Å²) in [6, 6.07) is 0.0614. The summed E-state index contributed by atoms with van der Waals surface area (Å²) in [6.07, 6.45) is 2.51. The van der Waals surface area contributed by atoms with E-state index >= 15 is 0 Å². The van der Waals surface area contributed by atoms with Crippen LogP contribution in [0.25, 0.3) is 0 Å².